The lowest BCUT2D eigenvalue weighted by atomic mass is 10.2. The molecule has 1 aromatic carbocycles. The van der Waals surface area contributed by atoms with Crippen molar-refractivity contribution >= 4 is 21.7 Å². The maximum atomic E-state index is 12.4. The van der Waals surface area contributed by atoms with Crippen LogP contribution < -0.4 is 4.74 Å². The van der Waals surface area contributed by atoms with Crippen molar-refractivity contribution in [1.29, 1.82) is 5.26 Å². The lowest BCUT2D eigenvalue weighted by Crippen LogP contribution is -2.44. The van der Waals surface area contributed by atoms with E-state index in [-0.39, 0.29) is 28.9 Å². The van der Waals surface area contributed by atoms with E-state index in [9.17, 15) is 18.0 Å². The average molecular weight is 394 g/mol. The summed E-state index contributed by atoms with van der Waals surface area (Å²) in [5.74, 6) is -0.902. The lowest BCUT2D eigenvalue weighted by Gasteiger charge is -2.27. The van der Waals surface area contributed by atoms with Gasteiger partial charge in [-0.3, -0.25) is 4.79 Å². The normalized spacial score (nSPS) is 17.7. The van der Waals surface area contributed by atoms with Crippen LogP contribution >= 0.6 is 0 Å². The Balaban J connectivity index is 1.85. The van der Waals surface area contributed by atoms with Gasteiger partial charge in [0.2, 0.25) is 0 Å². The molecule has 1 aliphatic heterocycles. The number of carbonyl (C=O) groups is 2. The molecule has 2 rings (SSSR count). The highest BCUT2D eigenvalue weighted by Crippen LogP contribution is 2.19. The van der Waals surface area contributed by atoms with Gasteiger partial charge in [0.05, 0.1) is 17.1 Å². The number of ether oxygens (including phenoxy) is 2. The Labute approximate surface area is 158 Å². The van der Waals surface area contributed by atoms with Crippen LogP contribution in [0.2, 0.25) is 0 Å². The van der Waals surface area contributed by atoms with Crippen LogP contribution in [0.25, 0.3) is 0 Å². The summed E-state index contributed by atoms with van der Waals surface area (Å²) in [5, 5.41) is 8.97. The zero-order valence-electron chi connectivity index (χ0n) is 15.1. The van der Waals surface area contributed by atoms with Crippen LogP contribution in [0.5, 0.6) is 5.75 Å². The molecular formula is C18H22N2O6S. The van der Waals surface area contributed by atoms with E-state index in [0.717, 1.165) is 0 Å². The number of para-hydroxylation sites is 1. The summed E-state index contributed by atoms with van der Waals surface area (Å²) < 4.78 is 33.5. The van der Waals surface area contributed by atoms with Crippen LogP contribution in [-0.2, 0) is 24.2 Å². The largest absolute Gasteiger partial charge is 0.481 e. The monoisotopic (exact) mass is 394 g/mol. The number of nitriles is 1. The van der Waals surface area contributed by atoms with E-state index in [1.54, 1.807) is 24.3 Å². The number of hydrogen-bond donors (Lipinski definition) is 0. The third kappa shape index (κ3) is 5.96. The molecule has 1 aliphatic rings. The maximum Gasteiger partial charge on any atom is 0.344 e. The summed E-state index contributed by atoms with van der Waals surface area (Å²) in [5.41, 5.74) is 0.290. The molecule has 0 aromatic heterocycles. The van der Waals surface area contributed by atoms with Crippen molar-refractivity contribution in [2.24, 2.45) is 0 Å². The molecule has 1 aromatic rings. The van der Waals surface area contributed by atoms with Crippen LogP contribution in [0.3, 0.4) is 0 Å². The van der Waals surface area contributed by atoms with E-state index in [2.05, 4.69) is 0 Å². The summed E-state index contributed by atoms with van der Waals surface area (Å²) in [6, 6.07) is 8.03. The second-order valence-electron chi connectivity index (χ2n) is 6.20. The first-order valence-electron chi connectivity index (χ1n) is 8.63. The van der Waals surface area contributed by atoms with E-state index < -0.39 is 34.9 Å². The highest BCUT2D eigenvalue weighted by molar-refractivity contribution is 7.91. The van der Waals surface area contributed by atoms with Crippen molar-refractivity contribution in [3.8, 4) is 11.8 Å². The molecule has 0 aliphatic carbocycles. The molecule has 1 fully saturated rings. The highest BCUT2D eigenvalue weighted by Gasteiger charge is 2.34. The van der Waals surface area contributed by atoms with Crippen molar-refractivity contribution in [2.75, 3.05) is 31.3 Å². The Morgan fingerprint density at radius 1 is 1.30 bits per heavy atom. The van der Waals surface area contributed by atoms with Crippen LogP contribution in [0, 0.1) is 11.3 Å². The minimum Gasteiger partial charge on any atom is -0.481 e. The molecule has 1 heterocycles. The first kappa shape index (κ1) is 20.7. The van der Waals surface area contributed by atoms with Gasteiger partial charge >= 0.3 is 5.97 Å². The number of esters is 1. The van der Waals surface area contributed by atoms with Gasteiger partial charge < -0.3 is 14.4 Å². The zero-order valence-corrected chi connectivity index (χ0v) is 15.9. The van der Waals surface area contributed by atoms with Crippen LogP contribution in [0.4, 0.5) is 0 Å². The van der Waals surface area contributed by atoms with Crippen molar-refractivity contribution in [2.45, 2.75) is 25.8 Å². The standard InChI is InChI=1S/C18H22N2O6S/c1-2-8-20(15-7-9-27(23,24)13-15)17(21)11-26-18(22)12-25-16-6-4-3-5-14(16)10-19/h3-6,15H,2,7-9,11-13H2,1H3/t15-/m1/s1. The molecule has 0 unspecified atom stereocenters. The number of rotatable bonds is 8. The molecule has 9 heteroatoms. The Morgan fingerprint density at radius 2 is 2.04 bits per heavy atom. The second-order valence-corrected chi connectivity index (χ2v) is 8.43. The van der Waals surface area contributed by atoms with Crippen LogP contribution in [0.15, 0.2) is 24.3 Å². The van der Waals surface area contributed by atoms with Gasteiger partial charge in [0.25, 0.3) is 5.91 Å². The molecule has 1 atom stereocenters. The average Bonchev–Trinajstić information content (AvgIpc) is 3.02. The topological polar surface area (TPSA) is 114 Å². The van der Waals surface area contributed by atoms with Gasteiger partial charge in [0.15, 0.2) is 23.1 Å². The van der Waals surface area contributed by atoms with Crippen molar-refractivity contribution in [3.63, 3.8) is 0 Å². The Kier molecular flexibility index (Phi) is 7.19. The van der Waals surface area contributed by atoms with Gasteiger partial charge in [-0.1, -0.05) is 19.1 Å². The zero-order chi connectivity index (χ0) is 19.9. The molecule has 1 amide bonds. The summed E-state index contributed by atoms with van der Waals surface area (Å²) in [6.07, 6.45) is 1.07. The van der Waals surface area contributed by atoms with Crippen molar-refractivity contribution in [3.05, 3.63) is 29.8 Å². The number of benzene rings is 1. The van der Waals surface area contributed by atoms with Gasteiger partial charge in [0.1, 0.15) is 11.8 Å². The fraction of sp³-hybridized carbons (Fsp3) is 0.500. The first-order valence-corrected chi connectivity index (χ1v) is 10.5. The first-order chi connectivity index (χ1) is 12.9. The number of amides is 1. The predicted molar refractivity (Wildman–Crippen MR) is 96.7 cm³/mol. The molecule has 27 heavy (non-hydrogen) atoms. The number of sulfone groups is 1. The molecule has 1 saturated heterocycles. The minimum atomic E-state index is -3.12. The Bertz CT molecular complexity index is 830. The summed E-state index contributed by atoms with van der Waals surface area (Å²) in [4.78, 5) is 25.7. The lowest BCUT2D eigenvalue weighted by molar-refractivity contribution is -0.154. The van der Waals surface area contributed by atoms with Gasteiger partial charge in [-0.25, -0.2) is 13.2 Å². The van der Waals surface area contributed by atoms with Crippen LogP contribution in [-0.4, -0.2) is 62.5 Å². The number of hydrogen-bond acceptors (Lipinski definition) is 7. The summed E-state index contributed by atoms with van der Waals surface area (Å²) in [6.45, 7) is 1.38. The molecule has 0 saturated carbocycles. The molecule has 146 valence electrons. The molecule has 0 radical (unpaired) electrons. The van der Waals surface area contributed by atoms with Crippen LogP contribution in [0.1, 0.15) is 25.3 Å². The van der Waals surface area contributed by atoms with E-state index in [1.807, 2.05) is 13.0 Å². The van der Waals surface area contributed by atoms with E-state index >= 15 is 0 Å². The third-order valence-electron chi connectivity index (χ3n) is 4.14. The Morgan fingerprint density at radius 3 is 2.67 bits per heavy atom. The summed E-state index contributed by atoms with van der Waals surface area (Å²) in [7, 11) is -3.12. The van der Waals surface area contributed by atoms with Gasteiger partial charge in [0, 0.05) is 12.6 Å². The molecular weight excluding hydrogens is 372 g/mol. The quantitative estimate of drug-likeness (QED) is 0.602. The maximum absolute atomic E-state index is 12.4. The SMILES string of the molecule is CCCN(C(=O)COC(=O)COc1ccccc1C#N)[C@@H]1CCS(=O)(=O)C1. The van der Waals surface area contributed by atoms with E-state index in [4.69, 9.17) is 14.7 Å². The Hall–Kier alpha value is -2.60. The van der Waals surface area contributed by atoms with Gasteiger partial charge in [-0.2, -0.15) is 5.26 Å². The number of nitrogens with zero attached hydrogens (tertiary/aromatic N) is 2. The summed E-state index contributed by atoms with van der Waals surface area (Å²) >= 11 is 0. The minimum absolute atomic E-state index is 0.0548. The van der Waals surface area contributed by atoms with E-state index in [0.29, 0.717) is 19.4 Å². The fourth-order valence-electron chi connectivity index (χ4n) is 2.86. The smallest absolute Gasteiger partial charge is 0.344 e. The second kappa shape index (κ2) is 9.37. The fourth-order valence-corrected chi connectivity index (χ4v) is 4.59. The molecule has 0 spiro atoms. The van der Waals surface area contributed by atoms with Crippen molar-refractivity contribution in [1.82, 2.24) is 4.90 Å². The molecule has 8 nitrogen and oxygen atoms in total. The van der Waals surface area contributed by atoms with Gasteiger partial charge in [-0.05, 0) is 25.0 Å². The van der Waals surface area contributed by atoms with Crippen molar-refractivity contribution < 1.29 is 27.5 Å². The third-order valence-corrected chi connectivity index (χ3v) is 5.89. The highest BCUT2D eigenvalue weighted by atomic mass is 32.2. The van der Waals surface area contributed by atoms with E-state index in [1.165, 1.54) is 4.90 Å². The number of carbonyl (C=O) groups excluding carboxylic acids is 2. The predicted octanol–water partition coefficient (Wildman–Crippen LogP) is 0.906. The van der Waals surface area contributed by atoms with Gasteiger partial charge in [-0.15, -0.1) is 0 Å². The molecule has 0 bridgehead atoms. The molecule has 0 N–H and O–H groups in total.